The summed E-state index contributed by atoms with van der Waals surface area (Å²) in [7, 11) is 0. The van der Waals surface area contributed by atoms with E-state index in [1.165, 1.54) is 9.47 Å². The first kappa shape index (κ1) is 21.4. The average Bonchev–Trinajstić information content (AvgIpc) is 3.15. The Morgan fingerprint density at radius 1 is 1.20 bits per heavy atom. The zero-order chi connectivity index (χ0) is 21.8. The first-order chi connectivity index (χ1) is 14.4. The van der Waals surface area contributed by atoms with Crippen molar-refractivity contribution in [1.29, 1.82) is 0 Å². The van der Waals surface area contributed by atoms with Crippen LogP contribution in [0.2, 0.25) is 0 Å². The SMILES string of the molecule is CCCCN(C(=O)c1cn2c(C)cccc2n1)c1c(N)n(CCCC)c(=O)[nH]c1=O. The number of imidazole rings is 1. The van der Waals surface area contributed by atoms with Crippen molar-refractivity contribution >= 4 is 23.1 Å². The number of nitrogen functional groups attached to an aromatic ring is 1. The molecule has 3 heterocycles. The molecule has 0 atom stereocenters. The second-order valence-electron chi connectivity index (χ2n) is 7.33. The molecular formula is C21H28N6O3. The third-order valence-corrected chi connectivity index (χ3v) is 5.11. The maximum atomic E-state index is 13.4. The van der Waals surface area contributed by atoms with Crippen LogP contribution in [-0.2, 0) is 6.54 Å². The van der Waals surface area contributed by atoms with Crippen molar-refractivity contribution in [3.63, 3.8) is 0 Å². The molecule has 0 bridgehead atoms. The number of aromatic nitrogens is 4. The summed E-state index contributed by atoms with van der Waals surface area (Å²) in [6.45, 7) is 6.57. The zero-order valence-electron chi connectivity index (χ0n) is 17.6. The lowest BCUT2D eigenvalue weighted by atomic mass is 10.2. The van der Waals surface area contributed by atoms with Crippen molar-refractivity contribution in [3.05, 3.63) is 56.6 Å². The minimum atomic E-state index is -0.672. The molecule has 3 aromatic rings. The molecule has 0 saturated carbocycles. The largest absolute Gasteiger partial charge is 0.383 e. The molecule has 0 aromatic carbocycles. The zero-order valence-corrected chi connectivity index (χ0v) is 17.6. The van der Waals surface area contributed by atoms with E-state index in [0.717, 1.165) is 25.0 Å². The van der Waals surface area contributed by atoms with Gasteiger partial charge in [-0.15, -0.1) is 0 Å². The summed E-state index contributed by atoms with van der Waals surface area (Å²) in [6, 6.07) is 5.60. The second-order valence-corrected chi connectivity index (χ2v) is 7.33. The number of carbonyl (C=O) groups excluding carboxylic acids is 1. The Balaban J connectivity index is 2.12. The van der Waals surface area contributed by atoms with Crippen molar-refractivity contribution in [3.8, 4) is 0 Å². The molecule has 3 aromatic heterocycles. The number of hydrogen-bond acceptors (Lipinski definition) is 5. The number of nitrogens with zero attached hydrogens (tertiary/aromatic N) is 4. The van der Waals surface area contributed by atoms with Crippen LogP contribution in [0.4, 0.5) is 11.5 Å². The van der Waals surface area contributed by atoms with Crippen LogP contribution in [0.3, 0.4) is 0 Å². The first-order valence-corrected chi connectivity index (χ1v) is 10.3. The van der Waals surface area contributed by atoms with E-state index in [1.807, 2.05) is 43.4 Å². The molecule has 0 saturated heterocycles. The van der Waals surface area contributed by atoms with Crippen molar-refractivity contribution in [2.45, 2.75) is 53.0 Å². The Hall–Kier alpha value is -3.36. The molecule has 9 heteroatoms. The van der Waals surface area contributed by atoms with Gasteiger partial charge in [0.05, 0.1) is 0 Å². The fourth-order valence-corrected chi connectivity index (χ4v) is 3.40. The summed E-state index contributed by atoms with van der Waals surface area (Å²) < 4.78 is 3.14. The lowest BCUT2D eigenvalue weighted by molar-refractivity contribution is 0.0982. The van der Waals surface area contributed by atoms with E-state index in [4.69, 9.17) is 5.73 Å². The summed E-state index contributed by atoms with van der Waals surface area (Å²) in [5.74, 6) is -0.425. The summed E-state index contributed by atoms with van der Waals surface area (Å²) in [6.07, 6.45) is 4.74. The number of unbranched alkanes of at least 4 members (excludes halogenated alkanes) is 2. The number of nitrogens with one attached hydrogen (secondary N) is 1. The molecule has 0 aliphatic carbocycles. The predicted molar refractivity (Wildman–Crippen MR) is 117 cm³/mol. The molecule has 0 aliphatic rings. The Kier molecular flexibility index (Phi) is 6.39. The van der Waals surface area contributed by atoms with Gasteiger partial charge >= 0.3 is 5.69 Å². The fraction of sp³-hybridized carbons (Fsp3) is 0.429. The van der Waals surface area contributed by atoms with Crippen molar-refractivity contribution in [2.24, 2.45) is 0 Å². The lowest BCUT2D eigenvalue weighted by Crippen LogP contribution is -2.41. The number of amides is 1. The molecule has 30 heavy (non-hydrogen) atoms. The van der Waals surface area contributed by atoms with Gasteiger partial charge in [-0.3, -0.25) is 24.0 Å². The molecule has 0 fully saturated rings. The van der Waals surface area contributed by atoms with Gasteiger partial charge in [0.15, 0.2) is 5.69 Å². The third-order valence-electron chi connectivity index (χ3n) is 5.11. The highest BCUT2D eigenvalue weighted by Crippen LogP contribution is 2.21. The molecule has 160 valence electrons. The Labute approximate surface area is 174 Å². The van der Waals surface area contributed by atoms with Gasteiger partial charge in [-0.25, -0.2) is 9.78 Å². The highest BCUT2D eigenvalue weighted by Gasteiger charge is 2.26. The summed E-state index contributed by atoms with van der Waals surface area (Å²) in [5.41, 5.74) is 6.79. The van der Waals surface area contributed by atoms with E-state index in [1.54, 1.807) is 6.20 Å². The number of aromatic amines is 1. The smallest absolute Gasteiger partial charge is 0.330 e. The molecule has 0 spiro atoms. The van der Waals surface area contributed by atoms with Crippen LogP contribution in [0.1, 0.15) is 55.7 Å². The van der Waals surface area contributed by atoms with Crippen molar-refractivity contribution < 1.29 is 4.79 Å². The van der Waals surface area contributed by atoms with E-state index in [-0.39, 0.29) is 17.2 Å². The Morgan fingerprint density at radius 2 is 1.93 bits per heavy atom. The summed E-state index contributed by atoms with van der Waals surface area (Å²) >= 11 is 0. The van der Waals surface area contributed by atoms with Crippen molar-refractivity contribution in [2.75, 3.05) is 17.2 Å². The minimum absolute atomic E-state index is 0.00148. The standard InChI is InChI=1S/C21H28N6O3/c1-4-6-11-25(17-18(22)26(12-7-5-2)21(30)24-19(17)28)20(29)15-13-27-14(3)9-8-10-16(27)23-15/h8-10,13H,4-7,11-12,22H2,1-3H3,(H,24,28,30). The number of nitrogens with two attached hydrogens (primary N) is 1. The second kappa shape index (κ2) is 8.98. The maximum Gasteiger partial charge on any atom is 0.330 e. The highest BCUT2D eigenvalue weighted by molar-refractivity contribution is 6.06. The van der Waals surface area contributed by atoms with Crippen LogP contribution in [0.5, 0.6) is 0 Å². The first-order valence-electron chi connectivity index (χ1n) is 10.3. The quantitative estimate of drug-likeness (QED) is 0.589. The number of carbonyl (C=O) groups is 1. The van der Waals surface area contributed by atoms with Crippen LogP contribution >= 0.6 is 0 Å². The number of fused-ring (bicyclic) bond motifs is 1. The Morgan fingerprint density at radius 3 is 2.60 bits per heavy atom. The van der Waals surface area contributed by atoms with E-state index in [2.05, 4.69) is 9.97 Å². The van der Waals surface area contributed by atoms with Crippen LogP contribution in [0, 0.1) is 6.92 Å². The molecule has 1 amide bonds. The molecule has 0 radical (unpaired) electrons. The number of pyridine rings is 1. The minimum Gasteiger partial charge on any atom is -0.383 e. The van der Waals surface area contributed by atoms with Gasteiger partial charge < -0.3 is 10.1 Å². The van der Waals surface area contributed by atoms with Gasteiger partial charge in [0.2, 0.25) is 0 Å². The van der Waals surface area contributed by atoms with Crippen LogP contribution in [0.15, 0.2) is 34.0 Å². The van der Waals surface area contributed by atoms with Gasteiger partial charge in [-0.1, -0.05) is 32.8 Å². The fourth-order valence-electron chi connectivity index (χ4n) is 3.40. The van der Waals surface area contributed by atoms with E-state index in [0.29, 0.717) is 25.2 Å². The average molecular weight is 412 g/mol. The number of hydrogen-bond donors (Lipinski definition) is 2. The molecular weight excluding hydrogens is 384 g/mol. The van der Waals surface area contributed by atoms with Gasteiger partial charge in [0.1, 0.15) is 17.2 Å². The topological polar surface area (TPSA) is 118 Å². The number of H-pyrrole nitrogens is 1. The van der Waals surface area contributed by atoms with Crippen molar-refractivity contribution in [1.82, 2.24) is 18.9 Å². The predicted octanol–water partition coefficient (Wildman–Crippen LogP) is 2.32. The van der Waals surface area contributed by atoms with Crippen LogP contribution in [0.25, 0.3) is 5.65 Å². The summed E-state index contributed by atoms with van der Waals surface area (Å²) in [5, 5.41) is 0. The third kappa shape index (κ3) is 4.00. The monoisotopic (exact) mass is 412 g/mol. The Bertz CT molecular complexity index is 1170. The van der Waals surface area contributed by atoms with Gasteiger partial charge in [-0.2, -0.15) is 0 Å². The molecule has 9 nitrogen and oxygen atoms in total. The molecule has 0 aliphatic heterocycles. The summed E-state index contributed by atoms with van der Waals surface area (Å²) in [4.78, 5) is 46.4. The number of anilines is 2. The molecule has 3 N–H and O–H groups in total. The van der Waals surface area contributed by atoms with E-state index < -0.39 is 17.2 Å². The van der Waals surface area contributed by atoms with Crippen LogP contribution in [-0.4, -0.2) is 31.4 Å². The molecule has 3 rings (SSSR count). The number of aryl methyl sites for hydroxylation is 1. The normalized spacial score (nSPS) is 11.2. The lowest BCUT2D eigenvalue weighted by Gasteiger charge is -2.23. The van der Waals surface area contributed by atoms with Crippen LogP contribution < -0.4 is 21.9 Å². The van der Waals surface area contributed by atoms with E-state index >= 15 is 0 Å². The van der Waals surface area contributed by atoms with Gasteiger partial charge in [0.25, 0.3) is 11.5 Å². The number of rotatable bonds is 8. The molecule has 0 unspecified atom stereocenters. The van der Waals surface area contributed by atoms with E-state index in [9.17, 15) is 14.4 Å². The highest BCUT2D eigenvalue weighted by atomic mass is 16.2. The maximum absolute atomic E-state index is 13.4. The van der Waals surface area contributed by atoms with Gasteiger partial charge in [-0.05, 0) is 31.9 Å². The van der Waals surface area contributed by atoms with Gasteiger partial charge in [0, 0.05) is 25.0 Å².